The molecule has 3 aromatic carbocycles. The molecule has 6 heteroatoms. The molecule has 0 bridgehead atoms. The summed E-state index contributed by atoms with van der Waals surface area (Å²) in [5.41, 5.74) is 5.86. The predicted octanol–water partition coefficient (Wildman–Crippen LogP) is 5.07. The van der Waals surface area contributed by atoms with Gasteiger partial charge in [0.05, 0.1) is 12.8 Å². The summed E-state index contributed by atoms with van der Waals surface area (Å²) in [6, 6.07) is 21.5. The molecule has 0 fully saturated rings. The van der Waals surface area contributed by atoms with Crippen LogP contribution in [-0.2, 0) is 16.0 Å². The maximum Gasteiger partial charge on any atom is 0.411 e. The van der Waals surface area contributed by atoms with Crippen LogP contribution < -0.4 is 10.1 Å². The van der Waals surface area contributed by atoms with Crippen molar-refractivity contribution in [2.24, 2.45) is 0 Å². The van der Waals surface area contributed by atoms with Gasteiger partial charge in [0.2, 0.25) is 0 Å². The third-order valence-corrected chi connectivity index (χ3v) is 5.47. The zero-order valence-electron chi connectivity index (χ0n) is 17.1. The van der Waals surface area contributed by atoms with Gasteiger partial charge in [-0.1, -0.05) is 54.6 Å². The number of hydrogen-bond acceptors (Lipinski definition) is 4. The van der Waals surface area contributed by atoms with Crippen LogP contribution in [0, 0.1) is 0 Å². The van der Waals surface area contributed by atoms with Crippen molar-refractivity contribution in [2.75, 3.05) is 19.0 Å². The lowest BCUT2D eigenvalue weighted by Crippen LogP contribution is -2.18. The first kappa shape index (κ1) is 20.5. The number of carbonyl (C=O) groups is 2. The second kappa shape index (κ2) is 8.92. The van der Waals surface area contributed by atoms with Gasteiger partial charge in [-0.25, -0.2) is 4.79 Å². The van der Waals surface area contributed by atoms with Gasteiger partial charge in [0.15, 0.2) is 0 Å². The standard InChI is InChI=1S/C25H23NO5/c1-30-23-12-10-16(11-13-24(27)28)14-22(23)26-25(29)31-15-21-19-8-4-2-6-17(19)18-7-3-5-9-20(18)21/h2-10,12,14,21H,11,13,15H2,1H3,(H,26,29)(H,27,28). The van der Waals surface area contributed by atoms with Crippen LogP contribution in [0.1, 0.15) is 29.0 Å². The lowest BCUT2D eigenvalue weighted by Gasteiger charge is -2.16. The van der Waals surface area contributed by atoms with Gasteiger partial charge in [0, 0.05) is 12.3 Å². The molecular weight excluding hydrogens is 394 g/mol. The molecule has 31 heavy (non-hydrogen) atoms. The van der Waals surface area contributed by atoms with Crippen LogP contribution in [0.25, 0.3) is 11.1 Å². The lowest BCUT2D eigenvalue weighted by atomic mass is 9.98. The van der Waals surface area contributed by atoms with Crippen molar-refractivity contribution in [2.45, 2.75) is 18.8 Å². The van der Waals surface area contributed by atoms with Gasteiger partial charge in [-0.05, 0) is 46.4 Å². The van der Waals surface area contributed by atoms with Crippen LogP contribution in [0.2, 0.25) is 0 Å². The number of anilines is 1. The van der Waals surface area contributed by atoms with Crippen LogP contribution in [0.5, 0.6) is 5.75 Å². The average molecular weight is 417 g/mol. The molecule has 2 N–H and O–H groups in total. The van der Waals surface area contributed by atoms with Crippen molar-refractivity contribution in [3.63, 3.8) is 0 Å². The molecule has 1 aliphatic carbocycles. The topological polar surface area (TPSA) is 84.9 Å². The Balaban J connectivity index is 1.46. The van der Waals surface area contributed by atoms with Gasteiger partial charge in [-0.3, -0.25) is 10.1 Å². The molecule has 4 rings (SSSR count). The maximum absolute atomic E-state index is 12.6. The molecule has 0 heterocycles. The van der Waals surface area contributed by atoms with E-state index in [1.807, 2.05) is 24.3 Å². The Bertz CT molecular complexity index is 1080. The number of ether oxygens (including phenoxy) is 2. The van der Waals surface area contributed by atoms with Crippen LogP contribution in [0.4, 0.5) is 10.5 Å². The second-order valence-corrected chi connectivity index (χ2v) is 7.38. The molecule has 1 aliphatic rings. The Kier molecular flexibility index (Phi) is 5.89. The lowest BCUT2D eigenvalue weighted by molar-refractivity contribution is -0.136. The first-order valence-electron chi connectivity index (χ1n) is 10.1. The number of amides is 1. The number of fused-ring (bicyclic) bond motifs is 3. The van der Waals surface area contributed by atoms with Gasteiger partial charge in [0.1, 0.15) is 12.4 Å². The van der Waals surface area contributed by atoms with E-state index in [0.29, 0.717) is 17.9 Å². The van der Waals surface area contributed by atoms with Crippen molar-refractivity contribution < 1.29 is 24.2 Å². The largest absolute Gasteiger partial charge is 0.495 e. The fraction of sp³-hybridized carbons (Fsp3) is 0.200. The van der Waals surface area contributed by atoms with Crippen LogP contribution >= 0.6 is 0 Å². The molecule has 0 saturated carbocycles. The molecule has 3 aromatic rings. The summed E-state index contributed by atoms with van der Waals surface area (Å²) in [5, 5.41) is 11.6. The number of methoxy groups -OCH3 is 1. The molecule has 0 spiro atoms. The van der Waals surface area contributed by atoms with Crippen molar-refractivity contribution in [3.8, 4) is 16.9 Å². The number of nitrogens with one attached hydrogen (secondary N) is 1. The molecule has 158 valence electrons. The number of benzene rings is 3. The zero-order chi connectivity index (χ0) is 21.8. The van der Waals surface area contributed by atoms with Gasteiger partial charge < -0.3 is 14.6 Å². The molecule has 0 aliphatic heterocycles. The second-order valence-electron chi connectivity index (χ2n) is 7.38. The Morgan fingerprint density at radius 1 is 0.968 bits per heavy atom. The van der Waals surface area contributed by atoms with E-state index < -0.39 is 12.1 Å². The number of carboxylic acid groups (broad SMARTS) is 1. The van der Waals surface area contributed by atoms with Crippen molar-refractivity contribution in [3.05, 3.63) is 83.4 Å². The van der Waals surface area contributed by atoms with E-state index in [0.717, 1.165) is 16.7 Å². The SMILES string of the molecule is COc1ccc(CCC(=O)O)cc1NC(=O)OCC1c2ccccc2-c2ccccc21. The minimum Gasteiger partial charge on any atom is -0.495 e. The normalized spacial score (nSPS) is 12.0. The Hall–Kier alpha value is -3.80. The third kappa shape index (κ3) is 4.38. The van der Waals surface area contributed by atoms with Gasteiger partial charge in [-0.15, -0.1) is 0 Å². The monoisotopic (exact) mass is 417 g/mol. The molecule has 0 radical (unpaired) electrons. The summed E-state index contributed by atoms with van der Waals surface area (Å²) in [5.74, 6) is -0.420. The molecule has 0 unspecified atom stereocenters. The van der Waals surface area contributed by atoms with Gasteiger partial charge in [-0.2, -0.15) is 0 Å². The summed E-state index contributed by atoms with van der Waals surface area (Å²) in [7, 11) is 1.51. The third-order valence-electron chi connectivity index (χ3n) is 5.47. The molecule has 1 amide bonds. The Morgan fingerprint density at radius 3 is 2.23 bits per heavy atom. The highest BCUT2D eigenvalue weighted by molar-refractivity contribution is 5.87. The first-order chi connectivity index (χ1) is 15.1. The van der Waals surface area contributed by atoms with Gasteiger partial charge in [0.25, 0.3) is 0 Å². The fourth-order valence-electron chi connectivity index (χ4n) is 4.00. The molecule has 0 atom stereocenters. The van der Waals surface area contributed by atoms with E-state index in [-0.39, 0.29) is 18.9 Å². The number of aliphatic carboxylic acids is 1. The molecular formula is C25H23NO5. The van der Waals surface area contributed by atoms with E-state index in [9.17, 15) is 9.59 Å². The minimum atomic E-state index is -0.873. The highest BCUT2D eigenvalue weighted by atomic mass is 16.5. The summed E-state index contributed by atoms with van der Waals surface area (Å²) in [6.07, 6.45) is -0.217. The van der Waals surface area contributed by atoms with E-state index in [1.54, 1.807) is 18.2 Å². The average Bonchev–Trinajstić information content (AvgIpc) is 3.10. The summed E-state index contributed by atoms with van der Waals surface area (Å²) in [4.78, 5) is 23.4. The van der Waals surface area contributed by atoms with Gasteiger partial charge >= 0.3 is 12.1 Å². The molecule has 6 nitrogen and oxygen atoms in total. The summed E-state index contributed by atoms with van der Waals surface area (Å²) in [6.45, 7) is 0.209. The summed E-state index contributed by atoms with van der Waals surface area (Å²) >= 11 is 0. The van der Waals surface area contributed by atoms with E-state index >= 15 is 0 Å². The number of aryl methyl sites for hydroxylation is 1. The number of rotatable bonds is 7. The van der Waals surface area contributed by atoms with E-state index in [1.165, 1.54) is 18.2 Å². The quantitative estimate of drug-likeness (QED) is 0.560. The highest BCUT2D eigenvalue weighted by Crippen LogP contribution is 2.44. The zero-order valence-corrected chi connectivity index (χ0v) is 17.1. The van der Waals surface area contributed by atoms with Crippen LogP contribution in [-0.4, -0.2) is 30.9 Å². The van der Waals surface area contributed by atoms with Crippen molar-refractivity contribution in [1.29, 1.82) is 0 Å². The highest BCUT2D eigenvalue weighted by Gasteiger charge is 2.29. The fourth-order valence-corrected chi connectivity index (χ4v) is 4.00. The van der Waals surface area contributed by atoms with Crippen LogP contribution in [0.15, 0.2) is 66.7 Å². The van der Waals surface area contributed by atoms with Crippen molar-refractivity contribution in [1.82, 2.24) is 0 Å². The predicted molar refractivity (Wildman–Crippen MR) is 118 cm³/mol. The maximum atomic E-state index is 12.6. The number of hydrogen-bond donors (Lipinski definition) is 2. The minimum absolute atomic E-state index is 0.0106. The first-order valence-corrected chi connectivity index (χ1v) is 10.1. The molecule has 0 saturated heterocycles. The van der Waals surface area contributed by atoms with E-state index in [4.69, 9.17) is 14.6 Å². The van der Waals surface area contributed by atoms with E-state index in [2.05, 4.69) is 29.6 Å². The number of carbonyl (C=O) groups excluding carboxylic acids is 1. The summed E-state index contributed by atoms with van der Waals surface area (Å²) < 4.78 is 10.9. The smallest absolute Gasteiger partial charge is 0.411 e. The van der Waals surface area contributed by atoms with Crippen molar-refractivity contribution >= 4 is 17.7 Å². The molecule has 0 aromatic heterocycles. The Morgan fingerprint density at radius 2 is 1.61 bits per heavy atom. The van der Waals surface area contributed by atoms with Crippen LogP contribution in [0.3, 0.4) is 0 Å². The number of carboxylic acids is 1. The Labute approximate surface area is 180 Å².